The minimum Gasteiger partial charge on any atom is -0.379 e. The number of carbonyl (C=O) groups is 1. The number of ether oxygens (including phenoxy) is 1. The van der Waals surface area contributed by atoms with Crippen molar-refractivity contribution in [3.63, 3.8) is 0 Å². The van der Waals surface area contributed by atoms with Crippen molar-refractivity contribution in [2.45, 2.75) is 38.8 Å². The maximum absolute atomic E-state index is 14.2. The van der Waals surface area contributed by atoms with Gasteiger partial charge in [-0.05, 0) is 12.8 Å². The molecule has 0 spiro atoms. The van der Waals surface area contributed by atoms with Crippen LogP contribution in [-0.2, 0) is 9.53 Å². The zero-order valence-corrected chi connectivity index (χ0v) is 16.9. The molecule has 0 bridgehead atoms. The number of amides is 1. The van der Waals surface area contributed by atoms with Crippen molar-refractivity contribution in [3.8, 4) is 0 Å². The number of fused-ring (bicyclic) bond motifs is 1. The molecule has 0 saturated carbocycles. The van der Waals surface area contributed by atoms with Crippen LogP contribution in [0.4, 0.5) is 30.8 Å². The largest absolute Gasteiger partial charge is 0.379 e. The number of nitrogens with zero attached hydrogens (tertiary/aromatic N) is 4. The van der Waals surface area contributed by atoms with E-state index >= 15 is 0 Å². The molecule has 9 nitrogen and oxygen atoms in total. The molecule has 5 rings (SSSR count). The van der Waals surface area contributed by atoms with Gasteiger partial charge in [0.25, 0.3) is 0 Å². The number of hydrogen-bond acceptors (Lipinski definition) is 7. The molecule has 1 amide bonds. The Labute approximate surface area is 187 Å². The summed E-state index contributed by atoms with van der Waals surface area (Å²) in [4.78, 5) is 24.7. The summed E-state index contributed by atoms with van der Waals surface area (Å²) in [7, 11) is 0. The molecule has 12 heteroatoms. The number of anilines is 3. The Bertz CT molecular complexity index is 1150. The second-order valence-corrected chi connectivity index (χ2v) is 7.78. The van der Waals surface area contributed by atoms with E-state index in [1.165, 1.54) is 6.20 Å². The standard InChI is InChI=1S/C20H20F3N7O2.CH4/c21-10-5-13(22)17(14(23)6-10)28-20-27-15-8-25-19(26-11-1-2-16(31)24-7-11)29-18(15)30(20)12-3-4-32-9-12;/h5-6,8,11-12H,1-4,7,9H2,(H,24,31)(H,27,28)(H,25,26,29);1H4/t11-,12+;/m1./s1. The highest BCUT2D eigenvalue weighted by Crippen LogP contribution is 2.32. The van der Waals surface area contributed by atoms with E-state index in [9.17, 15) is 18.0 Å². The van der Waals surface area contributed by atoms with E-state index in [1.807, 2.05) is 0 Å². The van der Waals surface area contributed by atoms with Gasteiger partial charge in [-0.2, -0.15) is 4.98 Å². The van der Waals surface area contributed by atoms with E-state index in [1.54, 1.807) is 4.57 Å². The summed E-state index contributed by atoms with van der Waals surface area (Å²) in [5, 5.41) is 8.65. The Morgan fingerprint density at radius 1 is 1.15 bits per heavy atom. The Hall–Kier alpha value is -3.41. The highest BCUT2D eigenvalue weighted by Gasteiger charge is 2.26. The molecule has 33 heavy (non-hydrogen) atoms. The molecule has 2 fully saturated rings. The summed E-state index contributed by atoms with van der Waals surface area (Å²) in [6.45, 7) is 1.38. The maximum atomic E-state index is 14.2. The van der Waals surface area contributed by atoms with Crippen molar-refractivity contribution < 1.29 is 22.7 Å². The number of piperidine rings is 1. The predicted molar refractivity (Wildman–Crippen MR) is 116 cm³/mol. The average Bonchev–Trinajstić information content (AvgIpc) is 3.39. The van der Waals surface area contributed by atoms with E-state index < -0.39 is 23.1 Å². The topological polar surface area (TPSA) is 106 Å². The van der Waals surface area contributed by atoms with Crippen molar-refractivity contribution in [2.24, 2.45) is 0 Å². The first-order valence-corrected chi connectivity index (χ1v) is 10.3. The predicted octanol–water partition coefficient (Wildman–Crippen LogP) is 3.28. The molecular weight excluding hydrogens is 439 g/mol. The fraction of sp³-hybridized carbons (Fsp3) is 0.429. The van der Waals surface area contributed by atoms with Crippen LogP contribution >= 0.6 is 0 Å². The summed E-state index contributed by atoms with van der Waals surface area (Å²) in [6, 6.07) is 1.02. The van der Waals surface area contributed by atoms with E-state index in [4.69, 9.17) is 4.74 Å². The highest BCUT2D eigenvalue weighted by atomic mass is 19.1. The lowest BCUT2D eigenvalue weighted by molar-refractivity contribution is -0.122. The molecule has 176 valence electrons. The molecule has 2 aromatic heterocycles. The summed E-state index contributed by atoms with van der Waals surface area (Å²) in [5.74, 6) is -2.65. The third-order valence-corrected chi connectivity index (χ3v) is 5.55. The van der Waals surface area contributed by atoms with Gasteiger partial charge in [-0.3, -0.25) is 9.36 Å². The van der Waals surface area contributed by atoms with Crippen LogP contribution in [0.3, 0.4) is 0 Å². The summed E-state index contributed by atoms with van der Waals surface area (Å²) >= 11 is 0. The number of benzene rings is 1. The minimum atomic E-state index is -1.07. The first-order chi connectivity index (χ1) is 15.5. The van der Waals surface area contributed by atoms with Crippen molar-refractivity contribution in [1.82, 2.24) is 24.8 Å². The third-order valence-electron chi connectivity index (χ3n) is 5.55. The van der Waals surface area contributed by atoms with Gasteiger partial charge in [-0.25, -0.2) is 23.1 Å². The van der Waals surface area contributed by atoms with Crippen LogP contribution in [-0.4, -0.2) is 51.2 Å². The summed E-state index contributed by atoms with van der Waals surface area (Å²) < 4.78 is 49.0. The Morgan fingerprint density at radius 3 is 2.61 bits per heavy atom. The molecule has 3 N–H and O–H groups in total. The van der Waals surface area contributed by atoms with Gasteiger partial charge >= 0.3 is 0 Å². The highest BCUT2D eigenvalue weighted by molar-refractivity contribution is 5.78. The monoisotopic (exact) mass is 463 g/mol. The lowest BCUT2D eigenvalue weighted by atomic mass is 10.1. The summed E-state index contributed by atoms with van der Waals surface area (Å²) in [6.07, 6.45) is 3.25. The molecule has 2 aliphatic rings. The van der Waals surface area contributed by atoms with Crippen LogP contribution < -0.4 is 16.0 Å². The number of halogens is 3. The van der Waals surface area contributed by atoms with Gasteiger partial charge in [0.1, 0.15) is 17.0 Å². The van der Waals surface area contributed by atoms with Crippen LogP contribution in [0.5, 0.6) is 0 Å². The Kier molecular flexibility index (Phi) is 6.36. The van der Waals surface area contributed by atoms with Gasteiger partial charge in [0.15, 0.2) is 17.3 Å². The molecule has 3 aromatic rings. The number of rotatable bonds is 5. The van der Waals surface area contributed by atoms with Gasteiger partial charge in [-0.1, -0.05) is 7.43 Å². The van der Waals surface area contributed by atoms with E-state index in [0.717, 1.165) is 0 Å². The van der Waals surface area contributed by atoms with Crippen LogP contribution in [0.25, 0.3) is 11.2 Å². The fourth-order valence-electron chi connectivity index (χ4n) is 3.93. The molecule has 0 unspecified atom stereocenters. The summed E-state index contributed by atoms with van der Waals surface area (Å²) in [5.41, 5.74) is 0.374. The first-order valence-electron chi connectivity index (χ1n) is 10.3. The van der Waals surface area contributed by atoms with Crippen LogP contribution in [0.15, 0.2) is 18.3 Å². The zero-order chi connectivity index (χ0) is 22.2. The zero-order valence-electron chi connectivity index (χ0n) is 16.9. The SMILES string of the molecule is C.O=C1CC[C@@H](Nc2ncc3nc(Nc4c(F)cc(F)cc4F)n([C@H]4CCOC4)c3n2)CN1. The fourth-order valence-corrected chi connectivity index (χ4v) is 3.93. The Balaban J connectivity index is 0.00000259. The molecule has 0 aliphatic carbocycles. The van der Waals surface area contributed by atoms with Gasteiger partial charge < -0.3 is 20.7 Å². The molecule has 1 aromatic carbocycles. The van der Waals surface area contributed by atoms with Crippen LogP contribution in [0.1, 0.15) is 32.7 Å². The average molecular weight is 463 g/mol. The number of aromatic nitrogens is 4. The third kappa shape index (κ3) is 4.56. The number of nitrogens with one attached hydrogen (secondary N) is 3. The number of carbonyl (C=O) groups excluding carboxylic acids is 1. The van der Waals surface area contributed by atoms with E-state index in [0.29, 0.717) is 68.3 Å². The normalized spacial score (nSPS) is 20.4. The minimum absolute atomic E-state index is 0. The molecule has 2 saturated heterocycles. The molecule has 2 atom stereocenters. The van der Waals surface area contributed by atoms with Gasteiger partial charge in [-0.15, -0.1) is 0 Å². The number of hydrogen-bond donors (Lipinski definition) is 3. The van der Waals surface area contributed by atoms with Crippen molar-refractivity contribution >= 4 is 34.7 Å². The molecule has 0 radical (unpaired) electrons. The molecular formula is C21H24F3N7O2. The maximum Gasteiger partial charge on any atom is 0.225 e. The van der Waals surface area contributed by atoms with Crippen molar-refractivity contribution in [2.75, 3.05) is 30.4 Å². The molecule has 4 heterocycles. The van der Waals surface area contributed by atoms with E-state index in [2.05, 4.69) is 30.9 Å². The lowest BCUT2D eigenvalue weighted by Gasteiger charge is -2.23. The van der Waals surface area contributed by atoms with Crippen LogP contribution in [0, 0.1) is 17.5 Å². The quantitative estimate of drug-likeness (QED) is 0.533. The second kappa shape index (κ2) is 9.22. The van der Waals surface area contributed by atoms with Gasteiger partial charge in [0.2, 0.25) is 17.8 Å². The van der Waals surface area contributed by atoms with Crippen LogP contribution in [0.2, 0.25) is 0 Å². The van der Waals surface area contributed by atoms with Gasteiger partial charge in [0.05, 0.1) is 18.8 Å². The second-order valence-electron chi connectivity index (χ2n) is 7.78. The van der Waals surface area contributed by atoms with E-state index in [-0.39, 0.29) is 31.4 Å². The smallest absolute Gasteiger partial charge is 0.225 e. The molecule has 2 aliphatic heterocycles. The van der Waals surface area contributed by atoms with Crippen molar-refractivity contribution in [3.05, 3.63) is 35.8 Å². The number of imidazole rings is 1. The lowest BCUT2D eigenvalue weighted by Crippen LogP contribution is -2.42. The Morgan fingerprint density at radius 2 is 1.94 bits per heavy atom. The van der Waals surface area contributed by atoms with Crippen molar-refractivity contribution in [1.29, 1.82) is 0 Å². The first kappa shape index (κ1) is 22.8. The van der Waals surface area contributed by atoms with Gasteiger partial charge in [0, 0.05) is 37.7 Å².